The molecule has 4 rings (SSSR count). The first kappa shape index (κ1) is 26.6. The zero-order chi connectivity index (χ0) is 23.0. The molecule has 3 aromatic rings. The van der Waals surface area contributed by atoms with E-state index < -0.39 is 0 Å². The molecule has 0 N–H and O–H groups in total. The van der Waals surface area contributed by atoms with Crippen molar-refractivity contribution in [3.8, 4) is 0 Å². The largest absolute Gasteiger partial charge is 1.00 e. The van der Waals surface area contributed by atoms with Gasteiger partial charge in [-0.05, 0) is 49.0 Å². The molecule has 2 heterocycles. The van der Waals surface area contributed by atoms with Crippen molar-refractivity contribution in [2.75, 3.05) is 57.3 Å². The number of benzene rings is 2. The minimum Gasteiger partial charge on any atom is -1.00 e. The van der Waals surface area contributed by atoms with Gasteiger partial charge in [0, 0.05) is 57.1 Å². The second kappa shape index (κ2) is 13.2. The number of thiazole rings is 1. The van der Waals surface area contributed by atoms with Crippen molar-refractivity contribution in [3.05, 3.63) is 71.8 Å². The van der Waals surface area contributed by atoms with Gasteiger partial charge in [0.15, 0.2) is 6.54 Å². The molecule has 0 amide bonds. The first-order valence-corrected chi connectivity index (χ1v) is 13.0. The number of aromatic nitrogens is 1. The molecule has 1 aliphatic heterocycles. The predicted molar refractivity (Wildman–Crippen MR) is 144 cm³/mol. The van der Waals surface area contributed by atoms with Gasteiger partial charge in [0.25, 0.3) is 5.01 Å². The third-order valence-electron chi connectivity index (χ3n) is 6.62. The number of allylic oxidation sites excluding steroid dienone is 1. The number of para-hydroxylation sites is 1. The number of halogens is 1. The number of hydrogen-bond donors (Lipinski definition) is 0. The van der Waals surface area contributed by atoms with E-state index >= 15 is 0 Å². The molecule has 4 nitrogen and oxygen atoms in total. The van der Waals surface area contributed by atoms with Gasteiger partial charge >= 0.3 is 0 Å². The van der Waals surface area contributed by atoms with Gasteiger partial charge < -0.3 is 26.8 Å². The van der Waals surface area contributed by atoms with Gasteiger partial charge in [-0.2, -0.15) is 4.57 Å². The van der Waals surface area contributed by atoms with Crippen molar-refractivity contribution in [2.45, 2.75) is 20.4 Å². The van der Waals surface area contributed by atoms with Crippen molar-refractivity contribution in [2.24, 2.45) is 0 Å². The summed E-state index contributed by atoms with van der Waals surface area (Å²) in [4.78, 5) is 7.64. The molecule has 2 aromatic carbocycles. The van der Waals surface area contributed by atoms with Crippen LogP contribution in [0.15, 0.2) is 61.2 Å². The molecular formula is C28H37BrN4S. The quantitative estimate of drug-likeness (QED) is 0.288. The van der Waals surface area contributed by atoms with Gasteiger partial charge in [-0.3, -0.25) is 4.90 Å². The molecule has 1 aromatic heterocycles. The fourth-order valence-electron chi connectivity index (χ4n) is 4.51. The van der Waals surface area contributed by atoms with Crippen LogP contribution in [-0.2, 0) is 6.54 Å². The Hall–Kier alpha value is -1.99. The van der Waals surface area contributed by atoms with Crippen molar-refractivity contribution in [1.82, 2.24) is 9.80 Å². The van der Waals surface area contributed by atoms with Crippen LogP contribution in [0.5, 0.6) is 0 Å². The minimum absolute atomic E-state index is 0. The number of rotatable bonds is 10. The molecule has 34 heavy (non-hydrogen) atoms. The Labute approximate surface area is 219 Å². The molecule has 0 saturated carbocycles. The summed E-state index contributed by atoms with van der Waals surface area (Å²) >= 11 is 1.83. The van der Waals surface area contributed by atoms with E-state index in [9.17, 15) is 0 Å². The number of hydrogen-bond acceptors (Lipinski definition) is 4. The first-order chi connectivity index (χ1) is 16.2. The van der Waals surface area contributed by atoms with Crippen molar-refractivity contribution in [3.63, 3.8) is 0 Å². The Bertz CT molecular complexity index is 1060. The van der Waals surface area contributed by atoms with E-state index in [2.05, 4.69) is 100 Å². The molecular weight excluding hydrogens is 504 g/mol. The van der Waals surface area contributed by atoms with E-state index in [-0.39, 0.29) is 17.0 Å². The lowest BCUT2D eigenvalue weighted by Gasteiger charge is -2.37. The highest BCUT2D eigenvalue weighted by atomic mass is 79.9. The van der Waals surface area contributed by atoms with E-state index in [1.165, 1.54) is 39.6 Å². The highest BCUT2D eigenvalue weighted by Gasteiger charge is 2.18. The lowest BCUT2D eigenvalue weighted by Crippen LogP contribution is -3.00. The van der Waals surface area contributed by atoms with Crippen molar-refractivity contribution in [1.29, 1.82) is 0 Å². The molecule has 6 heteroatoms. The zero-order valence-electron chi connectivity index (χ0n) is 20.5. The Kier molecular flexibility index (Phi) is 10.3. The van der Waals surface area contributed by atoms with Gasteiger partial charge in [-0.1, -0.05) is 56.0 Å². The van der Waals surface area contributed by atoms with Gasteiger partial charge in [0.2, 0.25) is 5.52 Å². The van der Waals surface area contributed by atoms with Gasteiger partial charge in [0.05, 0.1) is 0 Å². The molecule has 0 aliphatic carbocycles. The highest BCUT2D eigenvalue weighted by Crippen LogP contribution is 2.23. The summed E-state index contributed by atoms with van der Waals surface area (Å²) in [5, 5.41) is 1.25. The Morgan fingerprint density at radius 1 is 0.971 bits per heavy atom. The molecule has 1 saturated heterocycles. The standard InChI is InChI=1S/C28H37N4S.BrH/c1-4-17-32-26-9-7-8-10-27(26)33-28(32)16-13-24-11-14-25(15-12-24)31-22-20-30(21-23-31)19-18-29(5-2)6-3;/h4,7-16H,1,5-6,17-23H2,2-3H3;1H/q+1;/p-1. The number of nitrogens with zero attached hydrogens (tertiary/aromatic N) is 4. The van der Waals surface area contributed by atoms with Gasteiger partial charge in [-0.15, -0.1) is 0 Å². The molecule has 0 bridgehead atoms. The van der Waals surface area contributed by atoms with E-state index in [0.717, 1.165) is 45.8 Å². The third-order valence-corrected chi connectivity index (χ3v) is 7.75. The summed E-state index contributed by atoms with van der Waals surface area (Å²) in [5.74, 6) is 0. The van der Waals surface area contributed by atoms with Crippen LogP contribution in [0, 0.1) is 0 Å². The summed E-state index contributed by atoms with van der Waals surface area (Å²) < 4.78 is 3.64. The van der Waals surface area contributed by atoms with Crippen LogP contribution in [-0.4, -0.2) is 62.2 Å². The number of anilines is 1. The van der Waals surface area contributed by atoms with E-state index in [1.54, 1.807) is 0 Å². The monoisotopic (exact) mass is 540 g/mol. The molecule has 0 radical (unpaired) electrons. The van der Waals surface area contributed by atoms with E-state index in [1.807, 2.05) is 17.4 Å². The second-order valence-corrected chi connectivity index (χ2v) is 9.65. The highest BCUT2D eigenvalue weighted by molar-refractivity contribution is 7.18. The molecule has 0 atom stereocenters. The van der Waals surface area contributed by atoms with Crippen LogP contribution in [0.25, 0.3) is 22.4 Å². The average Bonchev–Trinajstić information content (AvgIpc) is 3.22. The summed E-state index contributed by atoms with van der Waals surface area (Å²) in [5.41, 5.74) is 3.84. The minimum atomic E-state index is 0. The van der Waals surface area contributed by atoms with Crippen LogP contribution < -0.4 is 26.4 Å². The number of likely N-dealkylation sites (N-methyl/N-ethyl adjacent to an activating group) is 1. The molecule has 0 spiro atoms. The fraction of sp³-hybridized carbons (Fsp3) is 0.393. The van der Waals surface area contributed by atoms with Crippen molar-refractivity contribution >= 4 is 39.4 Å². The van der Waals surface area contributed by atoms with Crippen LogP contribution in [0.2, 0.25) is 0 Å². The normalized spacial score (nSPS) is 14.7. The summed E-state index contributed by atoms with van der Waals surface area (Å²) in [7, 11) is 0. The maximum Gasteiger partial charge on any atom is 0.263 e. The summed E-state index contributed by atoms with van der Waals surface area (Å²) in [6.07, 6.45) is 6.42. The lowest BCUT2D eigenvalue weighted by molar-refractivity contribution is -0.658. The molecule has 182 valence electrons. The molecule has 1 fully saturated rings. The Morgan fingerprint density at radius 2 is 1.68 bits per heavy atom. The number of piperazine rings is 1. The predicted octanol–water partition coefficient (Wildman–Crippen LogP) is 2.01. The first-order valence-electron chi connectivity index (χ1n) is 12.2. The maximum atomic E-state index is 3.94. The smallest absolute Gasteiger partial charge is 0.263 e. The van der Waals surface area contributed by atoms with Crippen molar-refractivity contribution < 1.29 is 21.5 Å². The molecule has 1 aliphatic rings. The summed E-state index contributed by atoms with van der Waals surface area (Å²) in [6.45, 7) is 18.4. The topological polar surface area (TPSA) is 13.6 Å². The zero-order valence-corrected chi connectivity index (χ0v) is 22.9. The van der Waals surface area contributed by atoms with Gasteiger partial charge in [0.1, 0.15) is 4.70 Å². The summed E-state index contributed by atoms with van der Waals surface area (Å²) in [6, 6.07) is 17.6. The third kappa shape index (κ3) is 6.57. The van der Waals surface area contributed by atoms with E-state index in [0.29, 0.717) is 0 Å². The van der Waals surface area contributed by atoms with Crippen LogP contribution in [0.4, 0.5) is 5.69 Å². The lowest BCUT2D eigenvalue weighted by atomic mass is 10.1. The van der Waals surface area contributed by atoms with E-state index in [4.69, 9.17) is 0 Å². The van der Waals surface area contributed by atoms with Gasteiger partial charge in [-0.25, -0.2) is 0 Å². The SMILES string of the molecule is C=CC[n+]1c(/C=C/c2ccc(N3CCN(CCN(CC)CC)CC3)cc2)sc2ccccc21.[Br-]. The van der Waals surface area contributed by atoms with Crippen LogP contribution in [0.1, 0.15) is 24.4 Å². The average molecular weight is 542 g/mol. The maximum absolute atomic E-state index is 3.94. The fourth-order valence-corrected chi connectivity index (χ4v) is 5.58. The Morgan fingerprint density at radius 3 is 2.35 bits per heavy atom. The van der Waals surface area contributed by atoms with Crippen LogP contribution in [0.3, 0.4) is 0 Å². The Balaban J connectivity index is 0.00000324. The number of fused-ring (bicyclic) bond motifs is 1. The molecule has 0 unspecified atom stereocenters. The second-order valence-electron chi connectivity index (χ2n) is 8.59. The van der Waals surface area contributed by atoms with Crippen LogP contribution >= 0.6 is 11.3 Å².